The highest BCUT2D eigenvalue weighted by molar-refractivity contribution is 7.93. The Labute approximate surface area is 232 Å². The van der Waals surface area contributed by atoms with E-state index in [0.29, 0.717) is 17.8 Å². The van der Waals surface area contributed by atoms with Crippen molar-refractivity contribution < 1.29 is 31.1 Å². The van der Waals surface area contributed by atoms with E-state index in [0.717, 1.165) is 46.2 Å². The zero-order valence-corrected chi connectivity index (χ0v) is 22.7. The Morgan fingerprint density at radius 2 is 1.77 bits per heavy atom. The lowest BCUT2D eigenvalue weighted by molar-refractivity contribution is -0.137. The largest absolute Gasteiger partial charge is 0.493 e. The molecule has 40 heavy (non-hydrogen) atoms. The summed E-state index contributed by atoms with van der Waals surface area (Å²) in [6, 6.07) is 16.4. The first-order valence-electron chi connectivity index (χ1n) is 12.2. The van der Waals surface area contributed by atoms with Crippen LogP contribution in [-0.4, -0.2) is 37.2 Å². The summed E-state index contributed by atoms with van der Waals surface area (Å²) in [5.74, 6) is -0.730. The van der Waals surface area contributed by atoms with Gasteiger partial charge in [-0.25, -0.2) is 8.42 Å². The molecule has 1 aliphatic rings. The maximum absolute atomic E-state index is 13.1. The second-order valence-electron chi connectivity index (χ2n) is 9.03. The van der Waals surface area contributed by atoms with Crippen molar-refractivity contribution in [2.45, 2.75) is 36.9 Å². The van der Waals surface area contributed by atoms with Gasteiger partial charge in [0.15, 0.2) is 0 Å². The van der Waals surface area contributed by atoms with Gasteiger partial charge in [0.1, 0.15) is 10.8 Å². The van der Waals surface area contributed by atoms with Crippen LogP contribution in [-0.2, 0) is 29.0 Å². The Hall–Kier alpha value is -3.97. The Bertz CT molecular complexity index is 1660. The predicted octanol–water partition coefficient (Wildman–Crippen LogP) is 5.32. The number of benzene rings is 3. The Morgan fingerprint density at radius 3 is 2.50 bits per heavy atom. The first-order valence-corrected chi connectivity index (χ1v) is 14.5. The van der Waals surface area contributed by atoms with Crippen LogP contribution in [0.1, 0.15) is 34.0 Å². The van der Waals surface area contributed by atoms with Crippen LogP contribution in [0.4, 0.5) is 18.3 Å². The fraction of sp³-hybridized carbons (Fsp3) is 0.222. The average molecular weight is 589 g/mol. The van der Waals surface area contributed by atoms with Gasteiger partial charge in [0.25, 0.3) is 15.9 Å². The number of hydrogen-bond donors (Lipinski definition) is 2. The number of halogens is 3. The molecular formula is C27H23F3N4O4S2. The lowest BCUT2D eigenvalue weighted by atomic mass is 10.1. The van der Waals surface area contributed by atoms with Crippen LogP contribution in [0, 0.1) is 0 Å². The van der Waals surface area contributed by atoms with Gasteiger partial charge in [0, 0.05) is 11.6 Å². The first kappa shape index (κ1) is 27.6. The smallest absolute Gasteiger partial charge is 0.416 e. The lowest BCUT2D eigenvalue weighted by Crippen LogP contribution is -2.35. The van der Waals surface area contributed by atoms with E-state index in [9.17, 15) is 26.4 Å². The molecule has 0 radical (unpaired) electrons. The summed E-state index contributed by atoms with van der Waals surface area (Å²) in [5, 5.41) is 11.5. The number of ether oxygens (including phenoxy) is 1. The van der Waals surface area contributed by atoms with Crippen LogP contribution < -0.4 is 14.8 Å². The highest BCUT2D eigenvalue weighted by Gasteiger charge is 2.32. The van der Waals surface area contributed by atoms with E-state index in [-0.39, 0.29) is 34.0 Å². The fourth-order valence-corrected chi connectivity index (χ4v) is 6.45. The third-order valence-electron chi connectivity index (χ3n) is 6.28. The Kier molecular flexibility index (Phi) is 7.51. The minimum atomic E-state index is -4.57. The number of anilines is 1. The van der Waals surface area contributed by atoms with Crippen molar-refractivity contribution in [2.75, 3.05) is 11.3 Å². The van der Waals surface area contributed by atoms with Crippen molar-refractivity contribution in [1.82, 2.24) is 15.5 Å². The molecule has 3 aromatic carbocycles. The maximum atomic E-state index is 13.1. The lowest BCUT2D eigenvalue weighted by Gasteiger charge is -2.16. The van der Waals surface area contributed by atoms with Gasteiger partial charge in [-0.15, -0.1) is 10.2 Å². The number of fused-ring (bicyclic) bond motifs is 1. The van der Waals surface area contributed by atoms with Crippen molar-refractivity contribution >= 4 is 32.4 Å². The summed E-state index contributed by atoms with van der Waals surface area (Å²) >= 11 is 1.11. The number of carbonyl (C=O) groups excluding carboxylic acids is 1. The second-order valence-corrected chi connectivity index (χ2v) is 11.7. The van der Waals surface area contributed by atoms with Gasteiger partial charge in [0.2, 0.25) is 5.13 Å². The summed E-state index contributed by atoms with van der Waals surface area (Å²) < 4.78 is 73.2. The minimum absolute atomic E-state index is 0.00907. The summed E-state index contributed by atoms with van der Waals surface area (Å²) in [5.41, 5.74) is 1.51. The molecule has 4 aromatic rings. The highest BCUT2D eigenvalue weighted by Crippen LogP contribution is 2.34. The number of amides is 1. The molecule has 0 fully saturated rings. The highest BCUT2D eigenvalue weighted by atomic mass is 32.2. The van der Waals surface area contributed by atoms with E-state index in [1.165, 1.54) is 6.07 Å². The second kappa shape index (κ2) is 10.9. The van der Waals surface area contributed by atoms with Crippen molar-refractivity contribution in [3.8, 4) is 16.3 Å². The summed E-state index contributed by atoms with van der Waals surface area (Å²) in [7, 11) is -3.95. The van der Waals surface area contributed by atoms with E-state index in [2.05, 4.69) is 20.2 Å². The molecule has 8 nitrogen and oxygen atoms in total. The molecule has 208 valence electrons. The van der Waals surface area contributed by atoms with Gasteiger partial charge in [-0.05, 0) is 61.2 Å². The quantitative estimate of drug-likeness (QED) is 0.288. The monoisotopic (exact) mass is 588 g/mol. The van der Waals surface area contributed by atoms with Gasteiger partial charge in [-0.3, -0.25) is 9.52 Å². The van der Waals surface area contributed by atoms with Crippen LogP contribution in [0.2, 0.25) is 0 Å². The van der Waals surface area contributed by atoms with E-state index in [1.807, 2.05) is 30.3 Å². The molecule has 1 aromatic heterocycles. The molecule has 1 unspecified atom stereocenters. The third kappa shape index (κ3) is 5.94. The number of carbonyl (C=O) groups is 1. The third-order valence-corrected chi connectivity index (χ3v) is 8.63. The number of alkyl halides is 3. The molecule has 0 aliphatic heterocycles. The van der Waals surface area contributed by atoms with Crippen molar-refractivity contribution in [2.24, 2.45) is 0 Å². The molecule has 1 atom stereocenters. The zero-order valence-electron chi connectivity index (χ0n) is 21.0. The topological polar surface area (TPSA) is 110 Å². The zero-order chi connectivity index (χ0) is 28.5. The van der Waals surface area contributed by atoms with Crippen LogP contribution in [0.25, 0.3) is 10.6 Å². The molecular weight excluding hydrogens is 565 g/mol. The van der Waals surface area contributed by atoms with Gasteiger partial charge < -0.3 is 10.1 Å². The molecule has 5 rings (SSSR count). The van der Waals surface area contributed by atoms with Crippen molar-refractivity contribution in [1.29, 1.82) is 0 Å². The van der Waals surface area contributed by atoms with Crippen molar-refractivity contribution in [3.63, 3.8) is 0 Å². The molecule has 0 bridgehead atoms. The van der Waals surface area contributed by atoms with Crippen LogP contribution in [0.3, 0.4) is 0 Å². The molecule has 0 saturated carbocycles. The molecule has 13 heteroatoms. The number of nitrogens with one attached hydrogen (secondary N) is 2. The van der Waals surface area contributed by atoms with Crippen LogP contribution in [0.5, 0.6) is 5.75 Å². The Morgan fingerprint density at radius 1 is 1.02 bits per heavy atom. The Balaban J connectivity index is 1.28. The normalized spacial score (nSPS) is 14.9. The van der Waals surface area contributed by atoms with Crippen molar-refractivity contribution in [3.05, 3.63) is 89.0 Å². The van der Waals surface area contributed by atoms with Crippen LogP contribution >= 0.6 is 11.3 Å². The average Bonchev–Trinajstić information content (AvgIpc) is 3.54. The minimum Gasteiger partial charge on any atom is -0.493 e. The van der Waals surface area contributed by atoms with E-state index < -0.39 is 27.7 Å². The first-order chi connectivity index (χ1) is 19.0. The summed E-state index contributed by atoms with van der Waals surface area (Å²) in [4.78, 5) is 13.0. The standard InChI is InChI=1S/C27H23F3N4O4S2/c1-2-38-23-15-19(27(28,29)30)9-11-22(23)24(35)31-20-12-17-8-10-21(14-18(17)13-20)40(36,37)34-26-33-32-25(39-26)16-6-4-3-5-7-16/h3-11,14-15,20H,2,12-13H2,1H3,(H,31,35)(H,33,34). The molecule has 0 saturated heterocycles. The van der Waals surface area contributed by atoms with Crippen LogP contribution in [0.15, 0.2) is 71.6 Å². The molecule has 2 N–H and O–H groups in total. The molecule has 0 spiro atoms. The number of aromatic nitrogens is 2. The SMILES string of the molecule is CCOc1cc(C(F)(F)F)ccc1C(=O)NC1Cc2ccc(S(=O)(=O)Nc3nnc(-c4ccccc4)s3)cc2C1. The van der Waals surface area contributed by atoms with Gasteiger partial charge in [-0.1, -0.05) is 47.7 Å². The predicted molar refractivity (Wildman–Crippen MR) is 144 cm³/mol. The number of rotatable bonds is 8. The molecule has 1 aliphatic carbocycles. The number of hydrogen-bond acceptors (Lipinski definition) is 7. The van der Waals surface area contributed by atoms with Gasteiger partial charge in [-0.2, -0.15) is 13.2 Å². The van der Waals surface area contributed by atoms with Gasteiger partial charge in [0.05, 0.1) is 22.6 Å². The van der Waals surface area contributed by atoms with E-state index in [1.54, 1.807) is 19.1 Å². The van der Waals surface area contributed by atoms with Gasteiger partial charge >= 0.3 is 6.18 Å². The maximum Gasteiger partial charge on any atom is 0.416 e. The van der Waals surface area contributed by atoms with E-state index in [4.69, 9.17) is 4.74 Å². The number of nitrogens with zero attached hydrogens (tertiary/aromatic N) is 2. The van der Waals surface area contributed by atoms with E-state index >= 15 is 0 Å². The summed E-state index contributed by atoms with van der Waals surface area (Å²) in [6.45, 7) is 1.70. The molecule has 1 amide bonds. The fourth-order valence-electron chi connectivity index (χ4n) is 4.42. The molecule has 1 heterocycles. The summed E-state index contributed by atoms with van der Waals surface area (Å²) in [6.07, 6.45) is -3.77. The number of sulfonamides is 1.